The predicted molar refractivity (Wildman–Crippen MR) is 170 cm³/mol. The molecule has 1 atom stereocenters. The Hall–Kier alpha value is -3.63. The molecule has 9 nitrogen and oxygen atoms in total. The highest BCUT2D eigenvalue weighted by Gasteiger charge is 2.38. The van der Waals surface area contributed by atoms with E-state index in [0.717, 1.165) is 62.1 Å². The summed E-state index contributed by atoms with van der Waals surface area (Å²) in [5.74, 6) is 0.236. The number of hydrogen-bond acceptors (Lipinski definition) is 6. The van der Waals surface area contributed by atoms with Crippen LogP contribution in [0.4, 0.5) is 10.1 Å². The summed E-state index contributed by atoms with van der Waals surface area (Å²) in [4.78, 5) is 33.0. The van der Waals surface area contributed by atoms with E-state index in [-0.39, 0.29) is 48.5 Å². The van der Waals surface area contributed by atoms with Crippen molar-refractivity contribution in [3.8, 4) is 16.9 Å². The molecule has 2 aromatic carbocycles. The number of hydrogen-bond donors (Lipinski definition) is 2. The molecule has 236 valence electrons. The van der Waals surface area contributed by atoms with Gasteiger partial charge in [0.2, 0.25) is 5.91 Å². The lowest BCUT2D eigenvalue weighted by atomic mass is 9.95. The van der Waals surface area contributed by atoms with Gasteiger partial charge >= 0.3 is 0 Å². The van der Waals surface area contributed by atoms with E-state index in [1.165, 1.54) is 6.07 Å². The molecule has 6 rings (SSSR count). The molecular formula is C33H42ClFN6O3. The number of rotatable bonds is 9. The third kappa shape index (κ3) is 7.18. The van der Waals surface area contributed by atoms with Gasteiger partial charge in [-0.2, -0.15) is 5.10 Å². The van der Waals surface area contributed by atoms with Crippen LogP contribution in [0.15, 0.2) is 54.9 Å². The maximum Gasteiger partial charge on any atom is 0.266 e. The van der Waals surface area contributed by atoms with Crippen molar-refractivity contribution in [2.45, 2.75) is 57.7 Å². The normalized spacial score (nSPS) is 18.8. The van der Waals surface area contributed by atoms with Gasteiger partial charge in [-0.3, -0.25) is 14.7 Å². The fourth-order valence-corrected chi connectivity index (χ4v) is 6.20. The van der Waals surface area contributed by atoms with Crippen molar-refractivity contribution in [1.82, 2.24) is 25.3 Å². The second-order valence-corrected chi connectivity index (χ2v) is 12.4. The van der Waals surface area contributed by atoms with Gasteiger partial charge in [-0.15, -0.1) is 12.4 Å². The highest BCUT2D eigenvalue weighted by atomic mass is 35.5. The topological polar surface area (TPSA) is 93.8 Å². The number of H-pyrrole nitrogens is 1. The first-order chi connectivity index (χ1) is 20.8. The van der Waals surface area contributed by atoms with Gasteiger partial charge in [-0.25, -0.2) is 4.39 Å². The maximum absolute atomic E-state index is 15.2. The van der Waals surface area contributed by atoms with Crippen molar-refractivity contribution < 1.29 is 18.7 Å². The summed E-state index contributed by atoms with van der Waals surface area (Å²) >= 11 is 0. The highest BCUT2D eigenvalue weighted by molar-refractivity contribution is 5.85. The monoisotopic (exact) mass is 624 g/mol. The van der Waals surface area contributed by atoms with Crippen LogP contribution in [0.5, 0.6) is 5.75 Å². The molecule has 3 heterocycles. The first-order valence-electron chi connectivity index (χ1n) is 15.4. The summed E-state index contributed by atoms with van der Waals surface area (Å²) < 4.78 is 21.4. The standard InChI is InChI=1S/C33H41FN6O3.ClH/c1-33(2,32(42)38-15-12-35-13-16-38)43-29-7-3-6-28(18-29)39-14-4-5-25(21-39)31(41)40(27-10-11-27)22-24-9-8-23(17-30(24)34)26-19-36-37-20-26;/h3,6-9,17-20,25,27,35H,4-5,10-16,21-22H2,1-2H3,(H,36,37);1H/t25-;/m1./s1. The van der Waals surface area contributed by atoms with Crippen LogP contribution in [0, 0.1) is 11.7 Å². The molecule has 3 aliphatic rings. The van der Waals surface area contributed by atoms with Crippen molar-refractivity contribution in [2.24, 2.45) is 5.92 Å². The molecule has 1 saturated carbocycles. The van der Waals surface area contributed by atoms with Crippen LogP contribution >= 0.6 is 12.4 Å². The van der Waals surface area contributed by atoms with Gasteiger partial charge in [0.25, 0.3) is 5.91 Å². The number of benzene rings is 2. The summed E-state index contributed by atoms with van der Waals surface area (Å²) in [6.45, 7) is 8.28. The van der Waals surface area contributed by atoms with Crippen LogP contribution in [-0.4, -0.2) is 82.7 Å². The molecule has 3 aromatic rings. The molecule has 0 bridgehead atoms. The van der Waals surface area contributed by atoms with Crippen LogP contribution in [0.25, 0.3) is 11.1 Å². The lowest BCUT2D eigenvalue weighted by molar-refractivity contribution is -0.146. The van der Waals surface area contributed by atoms with Crippen LogP contribution in [-0.2, 0) is 16.1 Å². The highest BCUT2D eigenvalue weighted by Crippen LogP contribution is 2.34. The number of nitrogens with zero attached hydrogens (tertiary/aromatic N) is 4. The smallest absolute Gasteiger partial charge is 0.266 e. The second-order valence-electron chi connectivity index (χ2n) is 12.4. The number of halogens is 2. The zero-order valence-corrected chi connectivity index (χ0v) is 26.2. The maximum atomic E-state index is 15.2. The molecule has 0 unspecified atom stereocenters. The molecule has 44 heavy (non-hydrogen) atoms. The number of aromatic nitrogens is 2. The Balaban J connectivity index is 0.00000384. The van der Waals surface area contributed by atoms with E-state index < -0.39 is 5.60 Å². The van der Waals surface area contributed by atoms with Crippen molar-refractivity contribution >= 4 is 29.9 Å². The Morgan fingerprint density at radius 1 is 1.07 bits per heavy atom. The molecule has 3 fully saturated rings. The molecule has 2 amide bonds. The fourth-order valence-electron chi connectivity index (χ4n) is 6.20. The van der Waals surface area contributed by atoms with Crippen LogP contribution in [0.3, 0.4) is 0 Å². The van der Waals surface area contributed by atoms with E-state index in [4.69, 9.17) is 4.74 Å². The number of carbonyl (C=O) groups excluding carboxylic acids is 2. The van der Waals surface area contributed by atoms with Crippen LogP contribution in [0.2, 0.25) is 0 Å². The minimum absolute atomic E-state index is 0. The van der Waals surface area contributed by atoms with Crippen LogP contribution < -0.4 is 15.0 Å². The largest absolute Gasteiger partial charge is 0.478 e. The lowest BCUT2D eigenvalue weighted by Gasteiger charge is -2.37. The van der Waals surface area contributed by atoms with Gasteiger partial charge in [-0.05, 0) is 63.3 Å². The van der Waals surface area contributed by atoms with Gasteiger partial charge in [0.05, 0.1) is 12.1 Å². The van der Waals surface area contributed by atoms with E-state index in [1.54, 1.807) is 18.5 Å². The number of anilines is 1. The third-order valence-electron chi connectivity index (χ3n) is 8.74. The molecule has 2 saturated heterocycles. The second kappa shape index (κ2) is 13.6. The average Bonchev–Trinajstić information content (AvgIpc) is 3.72. The van der Waals surface area contributed by atoms with E-state index in [2.05, 4.69) is 20.4 Å². The van der Waals surface area contributed by atoms with Crippen LogP contribution in [0.1, 0.15) is 45.1 Å². The van der Waals surface area contributed by atoms with Gasteiger partial charge in [0.1, 0.15) is 11.6 Å². The zero-order chi connectivity index (χ0) is 30.0. The number of nitrogens with one attached hydrogen (secondary N) is 2. The Morgan fingerprint density at radius 3 is 2.57 bits per heavy atom. The number of carbonyl (C=O) groups is 2. The first kappa shape index (κ1) is 31.8. The summed E-state index contributed by atoms with van der Waals surface area (Å²) in [7, 11) is 0. The van der Waals surface area contributed by atoms with E-state index >= 15 is 4.39 Å². The van der Waals surface area contributed by atoms with Gasteiger partial charge in [-0.1, -0.05) is 18.2 Å². The van der Waals surface area contributed by atoms with Crippen molar-refractivity contribution in [2.75, 3.05) is 44.2 Å². The predicted octanol–water partition coefficient (Wildman–Crippen LogP) is 4.63. The van der Waals surface area contributed by atoms with Crippen molar-refractivity contribution in [3.63, 3.8) is 0 Å². The first-order valence-corrected chi connectivity index (χ1v) is 15.4. The minimum atomic E-state index is -0.993. The SMILES string of the molecule is CC(C)(Oc1cccc(N2CCC[C@@H](C(=O)N(Cc3ccc(-c4cn[nH]c4)cc3F)C3CC3)C2)c1)C(=O)N1CCNCC1.Cl. The quantitative estimate of drug-likeness (QED) is 0.361. The molecule has 11 heteroatoms. The van der Waals surface area contributed by atoms with Crippen molar-refractivity contribution in [1.29, 1.82) is 0 Å². The Morgan fingerprint density at radius 2 is 1.86 bits per heavy atom. The van der Waals surface area contributed by atoms with Gasteiger partial charge in [0, 0.05) is 80.9 Å². The fraction of sp³-hybridized carbons (Fsp3) is 0.485. The van der Waals surface area contributed by atoms with E-state index in [9.17, 15) is 9.59 Å². The van der Waals surface area contributed by atoms with Crippen molar-refractivity contribution in [3.05, 3.63) is 66.2 Å². The van der Waals surface area contributed by atoms with Gasteiger partial charge < -0.3 is 24.8 Å². The summed E-state index contributed by atoms with van der Waals surface area (Å²) in [6.07, 6.45) is 7.01. The number of piperazine rings is 1. The molecule has 1 aliphatic carbocycles. The molecule has 0 spiro atoms. The average molecular weight is 625 g/mol. The minimum Gasteiger partial charge on any atom is -0.478 e. The number of piperidine rings is 1. The summed E-state index contributed by atoms with van der Waals surface area (Å²) in [5.41, 5.74) is 2.09. The Labute approximate surface area is 264 Å². The molecular weight excluding hydrogens is 583 g/mol. The van der Waals surface area contributed by atoms with Gasteiger partial charge in [0.15, 0.2) is 5.60 Å². The summed E-state index contributed by atoms with van der Waals surface area (Å²) in [5, 5.41) is 9.99. The Kier molecular flexibility index (Phi) is 9.80. The number of ether oxygens (including phenoxy) is 1. The zero-order valence-electron chi connectivity index (χ0n) is 25.4. The third-order valence-corrected chi connectivity index (χ3v) is 8.74. The molecule has 0 radical (unpaired) electrons. The number of amides is 2. The summed E-state index contributed by atoms with van der Waals surface area (Å²) in [6, 6.07) is 13.2. The molecule has 1 aromatic heterocycles. The molecule has 2 aliphatic heterocycles. The van der Waals surface area contributed by atoms with E-state index in [1.807, 2.05) is 54.0 Å². The Bertz CT molecular complexity index is 1440. The number of aromatic amines is 1. The van der Waals surface area contributed by atoms with E-state index in [0.29, 0.717) is 30.9 Å². The lowest BCUT2D eigenvalue weighted by Crippen LogP contribution is -2.54. The molecule has 2 N–H and O–H groups in total.